The normalized spacial score (nSPS) is 19.8. The van der Waals surface area contributed by atoms with E-state index in [1.54, 1.807) is 11.3 Å². The van der Waals surface area contributed by atoms with E-state index in [1.807, 2.05) is 0 Å². The maximum atomic E-state index is 4.69. The van der Waals surface area contributed by atoms with E-state index in [9.17, 15) is 0 Å². The topological polar surface area (TPSA) is 36.4 Å². The van der Waals surface area contributed by atoms with Crippen LogP contribution in [0.1, 0.15) is 36.0 Å². The molecular weight excluding hydrogens is 417 g/mol. The zero-order valence-corrected chi connectivity index (χ0v) is 16.7. The molecule has 1 saturated carbocycles. The van der Waals surface area contributed by atoms with Crippen molar-refractivity contribution in [3.63, 3.8) is 0 Å². The fraction of sp³-hybridized carbons (Fsp3) is 0.389. The number of halogens is 1. The summed E-state index contributed by atoms with van der Waals surface area (Å²) in [7, 11) is 0. The number of hydrogen-bond acceptors (Lipinski definition) is 2. The van der Waals surface area contributed by atoms with E-state index in [0.717, 1.165) is 19.0 Å². The molecule has 0 aliphatic heterocycles. The molecule has 0 amide bonds. The van der Waals surface area contributed by atoms with Crippen LogP contribution in [0.4, 0.5) is 0 Å². The first-order valence-electron chi connectivity index (χ1n) is 7.89. The molecule has 2 unspecified atom stereocenters. The highest BCUT2D eigenvalue weighted by Gasteiger charge is 2.39. The van der Waals surface area contributed by atoms with Crippen molar-refractivity contribution in [2.45, 2.75) is 38.8 Å². The minimum Gasteiger partial charge on any atom is -0.357 e. The van der Waals surface area contributed by atoms with Gasteiger partial charge in [-0.1, -0.05) is 24.3 Å². The molecule has 0 bridgehead atoms. The summed E-state index contributed by atoms with van der Waals surface area (Å²) in [5.74, 6) is 1.54. The van der Waals surface area contributed by atoms with Crippen molar-refractivity contribution in [3.8, 4) is 0 Å². The van der Waals surface area contributed by atoms with Gasteiger partial charge in [0.15, 0.2) is 5.96 Å². The predicted octanol–water partition coefficient (Wildman–Crippen LogP) is 4.29. The van der Waals surface area contributed by atoms with Gasteiger partial charge in [0.25, 0.3) is 0 Å². The third-order valence-corrected chi connectivity index (χ3v) is 4.78. The van der Waals surface area contributed by atoms with E-state index in [0.29, 0.717) is 12.0 Å². The predicted molar refractivity (Wildman–Crippen MR) is 110 cm³/mol. The first-order valence-corrected chi connectivity index (χ1v) is 8.83. The average Bonchev–Trinajstić information content (AvgIpc) is 3.07. The fourth-order valence-corrected chi connectivity index (χ4v) is 3.41. The molecule has 2 atom stereocenters. The Morgan fingerprint density at radius 1 is 1.30 bits per heavy atom. The van der Waals surface area contributed by atoms with Gasteiger partial charge < -0.3 is 10.6 Å². The van der Waals surface area contributed by atoms with Gasteiger partial charge >= 0.3 is 0 Å². The Hall–Kier alpha value is -1.08. The lowest BCUT2D eigenvalue weighted by Gasteiger charge is -2.11. The molecule has 2 aromatic rings. The number of aryl methyl sites for hydroxylation is 1. The molecule has 23 heavy (non-hydrogen) atoms. The lowest BCUT2D eigenvalue weighted by molar-refractivity contribution is 0.794. The van der Waals surface area contributed by atoms with Gasteiger partial charge in [0.1, 0.15) is 0 Å². The molecule has 1 aliphatic rings. The number of guanidine groups is 1. The van der Waals surface area contributed by atoms with E-state index in [-0.39, 0.29) is 24.0 Å². The van der Waals surface area contributed by atoms with E-state index >= 15 is 0 Å². The van der Waals surface area contributed by atoms with E-state index in [1.165, 1.54) is 23.1 Å². The maximum Gasteiger partial charge on any atom is 0.191 e. The number of aliphatic imine (C=N–C) groups is 1. The van der Waals surface area contributed by atoms with Gasteiger partial charge in [0, 0.05) is 18.5 Å². The average molecular weight is 441 g/mol. The minimum atomic E-state index is 0. The molecular formula is C18H24IN3S. The van der Waals surface area contributed by atoms with Crippen LogP contribution in [-0.4, -0.2) is 18.5 Å². The van der Waals surface area contributed by atoms with Crippen molar-refractivity contribution in [3.05, 3.63) is 57.8 Å². The van der Waals surface area contributed by atoms with Gasteiger partial charge in [-0.15, -0.1) is 24.0 Å². The SMILES string of the molecule is CCNC(=NCc1ccsc1)NC1CC1c1ccccc1C.I. The number of hydrogen-bond donors (Lipinski definition) is 2. The van der Waals surface area contributed by atoms with Crippen LogP contribution in [-0.2, 0) is 6.54 Å². The van der Waals surface area contributed by atoms with Gasteiger partial charge in [-0.3, -0.25) is 0 Å². The summed E-state index contributed by atoms with van der Waals surface area (Å²) in [6, 6.07) is 11.3. The largest absolute Gasteiger partial charge is 0.357 e. The molecule has 0 saturated heterocycles. The van der Waals surface area contributed by atoms with Crippen LogP contribution in [0.25, 0.3) is 0 Å². The Balaban J connectivity index is 0.00000192. The van der Waals surface area contributed by atoms with E-state index < -0.39 is 0 Å². The van der Waals surface area contributed by atoms with Crippen LogP contribution < -0.4 is 10.6 Å². The van der Waals surface area contributed by atoms with Crippen molar-refractivity contribution < 1.29 is 0 Å². The lowest BCUT2D eigenvalue weighted by Crippen LogP contribution is -2.39. The van der Waals surface area contributed by atoms with Crippen LogP contribution >= 0.6 is 35.3 Å². The van der Waals surface area contributed by atoms with Crippen molar-refractivity contribution in [2.24, 2.45) is 4.99 Å². The monoisotopic (exact) mass is 441 g/mol. The summed E-state index contributed by atoms with van der Waals surface area (Å²) < 4.78 is 0. The molecule has 2 N–H and O–H groups in total. The van der Waals surface area contributed by atoms with Crippen LogP contribution in [0.5, 0.6) is 0 Å². The number of nitrogens with one attached hydrogen (secondary N) is 2. The number of nitrogens with zero attached hydrogens (tertiary/aromatic N) is 1. The summed E-state index contributed by atoms with van der Waals surface area (Å²) in [5.41, 5.74) is 4.12. The highest BCUT2D eigenvalue weighted by molar-refractivity contribution is 14.0. The van der Waals surface area contributed by atoms with E-state index in [2.05, 4.69) is 70.6 Å². The molecule has 0 radical (unpaired) electrons. The molecule has 3 rings (SSSR count). The lowest BCUT2D eigenvalue weighted by atomic mass is 10.0. The highest BCUT2D eigenvalue weighted by Crippen LogP contribution is 2.42. The van der Waals surface area contributed by atoms with Gasteiger partial charge in [0.2, 0.25) is 0 Å². The molecule has 1 aliphatic carbocycles. The first kappa shape index (κ1) is 18.3. The Morgan fingerprint density at radius 2 is 2.13 bits per heavy atom. The highest BCUT2D eigenvalue weighted by atomic mass is 127. The second-order valence-corrected chi connectivity index (χ2v) is 6.56. The van der Waals surface area contributed by atoms with Gasteiger partial charge in [0.05, 0.1) is 6.54 Å². The molecule has 1 heterocycles. The first-order chi connectivity index (χ1) is 10.8. The van der Waals surface area contributed by atoms with Crippen LogP contribution in [0.2, 0.25) is 0 Å². The molecule has 3 nitrogen and oxygen atoms in total. The van der Waals surface area contributed by atoms with Crippen molar-refractivity contribution in [1.29, 1.82) is 0 Å². The van der Waals surface area contributed by atoms with E-state index in [4.69, 9.17) is 0 Å². The van der Waals surface area contributed by atoms with Crippen molar-refractivity contribution >= 4 is 41.3 Å². The second-order valence-electron chi connectivity index (χ2n) is 5.78. The smallest absolute Gasteiger partial charge is 0.191 e. The standard InChI is InChI=1S/C18H23N3S.HI/c1-3-19-18(20-11-14-8-9-22-12-14)21-17-10-16(17)15-7-5-4-6-13(15)2;/h4-9,12,16-17H,3,10-11H2,1-2H3,(H2,19,20,21);1H. The molecule has 5 heteroatoms. The quantitative estimate of drug-likeness (QED) is 0.413. The summed E-state index contributed by atoms with van der Waals surface area (Å²) in [6.07, 6.45) is 1.19. The van der Waals surface area contributed by atoms with Crippen molar-refractivity contribution in [1.82, 2.24) is 10.6 Å². The van der Waals surface area contributed by atoms with Gasteiger partial charge in [-0.25, -0.2) is 4.99 Å². The minimum absolute atomic E-state index is 0. The van der Waals surface area contributed by atoms with Gasteiger partial charge in [-0.2, -0.15) is 11.3 Å². The Morgan fingerprint density at radius 3 is 2.83 bits per heavy atom. The molecule has 124 valence electrons. The Labute approximate surface area is 159 Å². The molecule has 1 fully saturated rings. The fourth-order valence-electron chi connectivity index (χ4n) is 2.75. The molecule has 1 aromatic heterocycles. The summed E-state index contributed by atoms with van der Waals surface area (Å²) in [5, 5.41) is 11.2. The Kier molecular flexibility index (Phi) is 6.89. The number of rotatable bonds is 5. The zero-order valence-electron chi connectivity index (χ0n) is 13.6. The van der Waals surface area contributed by atoms with Crippen LogP contribution in [0.15, 0.2) is 46.1 Å². The number of thiophene rings is 1. The van der Waals surface area contributed by atoms with Gasteiger partial charge in [-0.05, 0) is 53.8 Å². The van der Waals surface area contributed by atoms with Crippen LogP contribution in [0.3, 0.4) is 0 Å². The summed E-state index contributed by atoms with van der Waals surface area (Å²) in [6.45, 7) is 5.92. The summed E-state index contributed by atoms with van der Waals surface area (Å²) >= 11 is 1.72. The third kappa shape index (κ3) is 4.94. The zero-order chi connectivity index (χ0) is 15.4. The maximum absolute atomic E-state index is 4.69. The molecule has 0 spiro atoms. The molecule has 1 aromatic carbocycles. The third-order valence-electron chi connectivity index (χ3n) is 4.04. The summed E-state index contributed by atoms with van der Waals surface area (Å²) in [4.78, 5) is 4.69. The number of benzene rings is 1. The second kappa shape index (κ2) is 8.68. The Bertz CT molecular complexity index is 639. The van der Waals surface area contributed by atoms with Crippen molar-refractivity contribution in [2.75, 3.05) is 6.54 Å². The van der Waals surface area contributed by atoms with Crippen LogP contribution in [0, 0.1) is 6.92 Å².